The lowest BCUT2D eigenvalue weighted by Crippen LogP contribution is -2.50. The highest BCUT2D eigenvalue weighted by Crippen LogP contribution is 2.38. The van der Waals surface area contributed by atoms with E-state index in [-0.39, 0.29) is 18.6 Å². The Balaban J connectivity index is 1.68. The molecule has 3 aromatic rings. The molecular weight excluding hydrogens is 440 g/mol. The zero-order chi connectivity index (χ0) is 24.7. The summed E-state index contributed by atoms with van der Waals surface area (Å²) < 4.78 is 6.41. The molecule has 3 aliphatic heterocycles. The van der Waals surface area contributed by atoms with E-state index in [1.54, 1.807) is 0 Å². The highest BCUT2D eigenvalue weighted by Gasteiger charge is 2.27. The second kappa shape index (κ2) is 9.24. The van der Waals surface area contributed by atoms with Crippen LogP contribution in [0.4, 0.5) is 11.4 Å². The molecule has 4 N–H and O–H groups in total. The summed E-state index contributed by atoms with van der Waals surface area (Å²) in [4.78, 5) is 14.3. The van der Waals surface area contributed by atoms with Crippen LogP contribution >= 0.6 is 0 Å². The lowest BCUT2D eigenvalue weighted by atomic mass is 9.84. The van der Waals surface area contributed by atoms with Gasteiger partial charge in [0.15, 0.2) is 6.23 Å². The Kier molecular flexibility index (Phi) is 6.13. The number of aliphatic carboxylic acids is 1. The summed E-state index contributed by atoms with van der Waals surface area (Å²) in [6, 6.07) is 18.4. The van der Waals surface area contributed by atoms with Gasteiger partial charge in [-0.05, 0) is 53.8 Å². The number of ether oxygens (including phenoxy) is 1. The number of anilines is 2. The fraction of sp³-hybridized carbons (Fsp3) is 0.321. The van der Waals surface area contributed by atoms with Crippen molar-refractivity contribution in [3.63, 3.8) is 0 Å². The first kappa shape index (κ1) is 23.2. The molecule has 3 aliphatic rings. The second-order valence-corrected chi connectivity index (χ2v) is 9.62. The van der Waals surface area contributed by atoms with Crippen molar-refractivity contribution in [3.8, 4) is 5.75 Å². The molecule has 0 aromatic heterocycles. The van der Waals surface area contributed by atoms with Crippen molar-refractivity contribution in [3.05, 3.63) is 88.0 Å². The second-order valence-electron chi connectivity index (χ2n) is 9.62. The van der Waals surface area contributed by atoms with E-state index in [4.69, 9.17) is 10.5 Å². The van der Waals surface area contributed by atoms with E-state index < -0.39 is 5.97 Å². The van der Waals surface area contributed by atoms with Gasteiger partial charge in [-0.3, -0.25) is 9.69 Å². The predicted molar refractivity (Wildman–Crippen MR) is 137 cm³/mol. The van der Waals surface area contributed by atoms with Crippen molar-refractivity contribution in [2.75, 3.05) is 24.3 Å². The normalized spacial score (nSPS) is 21.5. The lowest BCUT2D eigenvalue weighted by molar-refractivity contribution is -0.137. The third kappa shape index (κ3) is 4.57. The quantitative estimate of drug-likeness (QED) is 0.482. The summed E-state index contributed by atoms with van der Waals surface area (Å²) in [5, 5.41) is 11.7. The number of hydrazine groups is 1. The van der Waals surface area contributed by atoms with Crippen molar-refractivity contribution in [2.24, 2.45) is 0 Å². The van der Waals surface area contributed by atoms with Crippen LogP contribution in [0.5, 0.6) is 5.75 Å². The van der Waals surface area contributed by atoms with Crippen molar-refractivity contribution in [2.45, 2.75) is 45.5 Å². The molecule has 0 saturated heterocycles. The molecule has 35 heavy (non-hydrogen) atoms. The van der Waals surface area contributed by atoms with E-state index in [1.165, 1.54) is 11.1 Å². The van der Waals surface area contributed by atoms with Crippen LogP contribution in [-0.4, -0.2) is 35.8 Å². The van der Waals surface area contributed by atoms with Crippen LogP contribution in [0.2, 0.25) is 0 Å². The number of carbonyl (C=O) groups is 1. The summed E-state index contributed by atoms with van der Waals surface area (Å²) in [6.45, 7) is 6.24. The van der Waals surface area contributed by atoms with E-state index >= 15 is 0 Å². The Hall–Kier alpha value is -3.55. The fourth-order valence-electron chi connectivity index (χ4n) is 5.26. The molecule has 6 bridgehead atoms. The molecule has 3 atom stereocenters. The number of hydrogen-bond donors (Lipinski definition) is 3. The van der Waals surface area contributed by atoms with Crippen LogP contribution in [0.25, 0.3) is 0 Å². The molecule has 7 nitrogen and oxygen atoms in total. The van der Waals surface area contributed by atoms with E-state index in [0.29, 0.717) is 12.2 Å². The van der Waals surface area contributed by atoms with Gasteiger partial charge in [0.2, 0.25) is 0 Å². The van der Waals surface area contributed by atoms with Crippen molar-refractivity contribution in [1.29, 1.82) is 0 Å². The van der Waals surface area contributed by atoms with Gasteiger partial charge in [-0.2, -0.15) is 5.43 Å². The number of rotatable bonds is 2. The number of nitrogens with two attached hydrogens (primary N) is 1. The average molecular weight is 473 g/mol. The summed E-state index contributed by atoms with van der Waals surface area (Å²) in [6.07, 6.45) is -0.280. The number of aryl methyl sites for hydroxylation is 1. The molecule has 3 unspecified atom stereocenters. The molecule has 3 aromatic carbocycles. The van der Waals surface area contributed by atoms with Gasteiger partial charge in [-0.1, -0.05) is 42.5 Å². The summed E-state index contributed by atoms with van der Waals surface area (Å²) in [5.41, 5.74) is 17.9. The highest BCUT2D eigenvalue weighted by atomic mass is 16.5. The standard InChI is InChI=1S/C28H32N4O3/c1-17-8-9-19-12-21(17)15-32-14-20-6-4-5-7-25(20)35-26(16-32)30-31(3)24-11-10-22(18(2)28(24)29)23(19)13-27(33)34/h4-12,23,26,30H,13-16,29H2,1-3H3,(H,33,34). The number of hydrogen-bond acceptors (Lipinski definition) is 6. The van der Waals surface area contributed by atoms with Crippen LogP contribution in [-0.2, 0) is 17.9 Å². The number of para-hydroxylation sites is 1. The van der Waals surface area contributed by atoms with Crippen LogP contribution < -0.4 is 20.9 Å². The third-order valence-corrected chi connectivity index (χ3v) is 7.22. The topological polar surface area (TPSA) is 91.1 Å². The molecule has 0 aliphatic carbocycles. The zero-order valence-corrected chi connectivity index (χ0v) is 20.4. The number of carboxylic acid groups (broad SMARTS) is 1. The number of nitrogens with zero attached hydrogens (tertiary/aromatic N) is 2. The maximum atomic E-state index is 11.9. The van der Waals surface area contributed by atoms with Gasteiger partial charge >= 0.3 is 5.97 Å². The van der Waals surface area contributed by atoms with E-state index in [1.807, 2.05) is 49.3 Å². The first-order chi connectivity index (χ1) is 16.8. The molecule has 3 heterocycles. The maximum Gasteiger partial charge on any atom is 0.304 e. The molecule has 0 radical (unpaired) electrons. The summed E-state index contributed by atoms with van der Waals surface area (Å²) in [5.74, 6) is -0.245. The molecule has 0 fully saturated rings. The fourth-order valence-corrected chi connectivity index (χ4v) is 5.26. The van der Waals surface area contributed by atoms with Gasteiger partial charge in [0, 0.05) is 31.6 Å². The van der Waals surface area contributed by atoms with Crippen LogP contribution in [0.15, 0.2) is 54.6 Å². The highest BCUT2D eigenvalue weighted by molar-refractivity contribution is 5.74. The SMILES string of the molecule is Cc1ccc2cc1CN1Cc3ccccc3OC(C1)NN(C)c1ccc(c(C)c1N)C2CC(=O)O. The minimum Gasteiger partial charge on any atom is -0.481 e. The summed E-state index contributed by atoms with van der Waals surface area (Å²) >= 11 is 0. The maximum absolute atomic E-state index is 11.9. The molecule has 0 spiro atoms. The van der Waals surface area contributed by atoms with Crippen LogP contribution in [0.3, 0.4) is 0 Å². The number of nitrogen functional groups attached to an aromatic ring is 1. The average Bonchev–Trinajstić information content (AvgIpc) is 2.98. The largest absolute Gasteiger partial charge is 0.481 e. The Labute approximate surface area is 206 Å². The monoisotopic (exact) mass is 472 g/mol. The predicted octanol–water partition coefficient (Wildman–Crippen LogP) is 4.17. The molecule has 6 rings (SSSR count). The van der Waals surface area contributed by atoms with Gasteiger partial charge in [-0.25, -0.2) is 0 Å². The Bertz CT molecular complexity index is 1280. The minimum absolute atomic E-state index is 0.00320. The van der Waals surface area contributed by atoms with Crippen molar-refractivity contribution >= 4 is 17.3 Å². The van der Waals surface area contributed by atoms with E-state index in [9.17, 15) is 9.90 Å². The Morgan fingerprint density at radius 1 is 1.11 bits per heavy atom. The Morgan fingerprint density at radius 2 is 1.89 bits per heavy atom. The van der Waals surface area contributed by atoms with Crippen molar-refractivity contribution < 1.29 is 14.6 Å². The zero-order valence-electron chi connectivity index (χ0n) is 20.4. The molecular formula is C28H32N4O3. The molecule has 182 valence electrons. The first-order valence-electron chi connectivity index (χ1n) is 12.0. The van der Waals surface area contributed by atoms with Gasteiger partial charge < -0.3 is 20.6 Å². The van der Waals surface area contributed by atoms with Gasteiger partial charge in [-0.15, -0.1) is 0 Å². The molecule has 0 amide bonds. The van der Waals surface area contributed by atoms with E-state index in [2.05, 4.69) is 41.5 Å². The van der Waals surface area contributed by atoms with Crippen LogP contribution in [0.1, 0.15) is 45.7 Å². The molecule has 0 saturated carbocycles. The third-order valence-electron chi connectivity index (χ3n) is 7.22. The smallest absolute Gasteiger partial charge is 0.304 e. The number of carboxylic acids is 1. The first-order valence-corrected chi connectivity index (χ1v) is 12.0. The lowest BCUT2D eigenvalue weighted by Gasteiger charge is -2.32. The number of benzene rings is 3. The number of nitrogens with one attached hydrogen (secondary N) is 1. The minimum atomic E-state index is -0.830. The molecule has 7 heteroatoms. The van der Waals surface area contributed by atoms with Gasteiger partial charge in [0.05, 0.1) is 24.3 Å². The van der Waals surface area contributed by atoms with Gasteiger partial charge in [0.1, 0.15) is 5.75 Å². The van der Waals surface area contributed by atoms with Crippen molar-refractivity contribution in [1.82, 2.24) is 10.3 Å². The van der Waals surface area contributed by atoms with Crippen LogP contribution in [0, 0.1) is 13.8 Å². The number of fused-ring (bicyclic) bond motifs is 4. The van der Waals surface area contributed by atoms with E-state index in [0.717, 1.165) is 46.8 Å². The Morgan fingerprint density at radius 3 is 2.69 bits per heavy atom. The summed E-state index contributed by atoms with van der Waals surface area (Å²) in [7, 11) is 1.93. The van der Waals surface area contributed by atoms with Gasteiger partial charge in [0.25, 0.3) is 0 Å².